The van der Waals surface area contributed by atoms with E-state index in [0.29, 0.717) is 12.1 Å². The number of nitrogens with one attached hydrogen (secondary N) is 1. The summed E-state index contributed by atoms with van der Waals surface area (Å²) >= 11 is 0. The zero-order valence-corrected chi connectivity index (χ0v) is 12.2. The van der Waals surface area contributed by atoms with Gasteiger partial charge in [0.25, 0.3) is 0 Å². The summed E-state index contributed by atoms with van der Waals surface area (Å²) < 4.78 is 5.96. The van der Waals surface area contributed by atoms with Crippen LogP contribution in [0.15, 0.2) is 0 Å². The third-order valence-electron chi connectivity index (χ3n) is 4.40. The molecule has 3 heteroatoms. The summed E-state index contributed by atoms with van der Waals surface area (Å²) in [7, 11) is 0. The van der Waals surface area contributed by atoms with Gasteiger partial charge in [0.05, 0.1) is 12.7 Å². The molecule has 0 aromatic carbocycles. The van der Waals surface area contributed by atoms with Crippen LogP contribution in [0.3, 0.4) is 0 Å². The van der Waals surface area contributed by atoms with E-state index in [1.165, 1.54) is 45.1 Å². The number of rotatable bonds is 7. The fraction of sp³-hybridized carbons (Fsp3) is 1.00. The average molecular weight is 254 g/mol. The van der Waals surface area contributed by atoms with Crippen LogP contribution in [0.4, 0.5) is 0 Å². The van der Waals surface area contributed by atoms with Gasteiger partial charge in [0.2, 0.25) is 0 Å². The predicted molar refractivity (Wildman–Crippen MR) is 75.9 cm³/mol. The van der Waals surface area contributed by atoms with Gasteiger partial charge < -0.3 is 10.1 Å². The standard InChI is InChI=1S/C15H30N2O/c1-3-4-5-7-13(2)16-10-15-11-17-9-6-8-14(17)12-18-15/h13-16H,3-12H2,1-2H3. The van der Waals surface area contributed by atoms with Gasteiger partial charge in [-0.2, -0.15) is 0 Å². The maximum atomic E-state index is 5.96. The zero-order chi connectivity index (χ0) is 12.8. The summed E-state index contributed by atoms with van der Waals surface area (Å²) in [5.74, 6) is 0. The Bertz CT molecular complexity index is 235. The highest BCUT2D eigenvalue weighted by atomic mass is 16.5. The van der Waals surface area contributed by atoms with Crippen molar-refractivity contribution < 1.29 is 4.74 Å². The third kappa shape index (κ3) is 4.22. The molecule has 0 spiro atoms. The molecular formula is C15H30N2O. The summed E-state index contributed by atoms with van der Waals surface area (Å²) in [6, 6.07) is 1.36. The van der Waals surface area contributed by atoms with Gasteiger partial charge in [-0.3, -0.25) is 4.90 Å². The lowest BCUT2D eigenvalue weighted by atomic mass is 10.1. The molecular weight excluding hydrogens is 224 g/mol. The first-order chi connectivity index (χ1) is 8.79. The Balaban J connectivity index is 1.58. The second-order valence-electron chi connectivity index (χ2n) is 6.05. The smallest absolute Gasteiger partial charge is 0.0827 e. The number of fused-ring (bicyclic) bond motifs is 1. The Morgan fingerprint density at radius 2 is 2.28 bits per heavy atom. The van der Waals surface area contributed by atoms with Gasteiger partial charge >= 0.3 is 0 Å². The van der Waals surface area contributed by atoms with Crippen molar-refractivity contribution in [2.45, 2.75) is 70.6 Å². The van der Waals surface area contributed by atoms with Gasteiger partial charge in [0, 0.05) is 25.2 Å². The van der Waals surface area contributed by atoms with Crippen LogP contribution in [0.25, 0.3) is 0 Å². The van der Waals surface area contributed by atoms with E-state index >= 15 is 0 Å². The summed E-state index contributed by atoms with van der Waals surface area (Å²) in [6.45, 7) is 8.97. The van der Waals surface area contributed by atoms with Crippen molar-refractivity contribution in [3.8, 4) is 0 Å². The van der Waals surface area contributed by atoms with E-state index in [4.69, 9.17) is 4.74 Å². The Morgan fingerprint density at radius 1 is 1.39 bits per heavy atom. The predicted octanol–water partition coefficient (Wildman–Crippen LogP) is 2.41. The van der Waals surface area contributed by atoms with Crippen molar-refractivity contribution in [1.82, 2.24) is 10.2 Å². The number of nitrogens with zero attached hydrogens (tertiary/aromatic N) is 1. The molecule has 0 amide bonds. The van der Waals surface area contributed by atoms with E-state index < -0.39 is 0 Å². The average Bonchev–Trinajstić information content (AvgIpc) is 2.84. The maximum Gasteiger partial charge on any atom is 0.0827 e. The molecule has 1 N–H and O–H groups in total. The molecule has 0 radical (unpaired) electrons. The molecule has 3 atom stereocenters. The number of hydrogen-bond donors (Lipinski definition) is 1. The van der Waals surface area contributed by atoms with Gasteiger partial charge in [-0.1, -0.05) is 26.2 Å². The number of morpholine rings is 1. The molecule has 2 aliphatic heterocycles. The summed E-state index contributed by atoms with van der Waals surface area (Å²) in [4.78, 5) is 2.62. The second kappa shape index (κ2) is 7.46. The minimum Gasteiger partial charge on any atom is -0.374 e. The Morgan fingerprint density at radius 3 is 3.11 bits per heavy atom. The van der Waals surface area contributed by atoms with Crippen LogP contribution in [0, 0.1) is 0 Å². The summed E-state index contributed by atoms with van der Waals surface area (Å²) in [5.41, 5.74) is 0. The van der Waals surface area contributed by atoms with Gasteiger partial charge in [-0.25, -0.2) is 0 Å². The number of hydrogen-bond acceptors (Lipinski definition) is 3. The minimum absolute atomic E-state index is 0.410. The van der Waals surface area contributed by atoms with Crippen LogP contribution in [-0.4, -0.2) is 49.3 Å². The molecule has 2 fully saturated rings. The zero-order valence-electron chi connectivity index (χ0n) is 12.2. The highest BCUT2D eigenvalue weighted by Gasteiger charge is 2.31. The van der Waals surface area contributed by atoms with Crippen LogP contribution in [-0.2, 0) is 4.74 Å². The number of unbranched alkanes of at least 4 members (excludes halogenated alkanes) is 2. The SMILES string of the molecule is CCCCCC(C)NCC1CN2CCCC2CO1. The van der Waals surface area contributed by atoms with E-state index in [-0.39, 0.29) is 0 Å². The molecule has 0 aliphatic carbocycles. The fourth-order valence-electron chi connectivity index (χ4n) is 3.14. The lowest BCUT2D eigenvalue weighted by Gasteiger charge is -2.35. The third-order valence-corrected chi connectivity index (χ3v) is 4.40. The molecule has 3 nitrogen and oxygen atoms in total. The first-order valence-electron chi connectivity index (χ1n) is 7.88. The van der Waals surface area contributed by atoms with Crippen molar-refractivity contribution in [3.05, 3.63) is 0 Å². The molecule has 0 aromatic heterocycles. The Kier molecular flexibility index (Phi) is 5.93. The van der Waals surface area contributed by atoms with Gasteiger partial charge in [-0.15, -0.1) is 0 Å². The van der Waals surface area contributed by atoms with Crippen molar-refractivity contribution in [2.75, 3.05) is 26.2 Å². The van der Waals surface area contributed by atoms with Crippen molar-refractivity contribution >= 4 is 0 Å². The largest absolute Gasteiger partial charge is 0.374 e. The van der Waals surface area contributed by atoms with Crippen molar-refractivity contribution in [2.24, 2.45) is 0 Å². The van der Waals surface area contributed by atoms with Gasteiger partial charge in [0.1, 0.15) is 0 Å². The van der Waals surface area contributed by atoms with Gasteiger partial charge in [-0.05, 0) is 32.7 Å². The van der Waals surface area contributed by atoms with Crippen LogP contribution in [0.2, 0.25) is 0 Å². The molecule has 2 rings (SSSR count). The molecule has 2 heterocycles. The first kappa shape index (κ1) is 14.3. The molecule has 3 unspecified atom stereocenters. The van der Waals surface area contributed by atoms with Crippen LogP contribution in [0.5, 0.6) is 0 Å². The Hall–Kier alpha value is -0.120. The normalized spacial score (nSPS) is 30.3. The second-order valence-corrected chi connectivity index (χ2v) is 6.05. The van der Waals surface area contributed by atoms with E-state index in [2.05, 4.69) is 24.1 Å². The van der Waals surface area contributed by atoms with E-state index in [1.807, 2.05) is 0 Å². The van der Waals surface area contributed by atoms with Crippen molar-refractivity contribution in [3.63, 3.8) is 0 Å². The van der Waals surface area contributed by atoms with Crippen LogP contribution >= 0.6 is 0 Å². The number of ether oxygens (including phenoxy) is 1. The topological polar surface area (TPSA) is 24.5 Å². The van der Waals surface area contributed by atoms with Gasteiger partial charge in [0.15, 0.2) is 0 Å². The fourth-order valence-corrected chi connectivity index (χ4v) is 3.14. The quantitative estimate of drug-likeness (QED) is 0.706. The maximum absolute atomic E-state index is 5.96. The van der Waals surface area contributed by atoms with Crippen LogP contribution in [0.1, 0.15) is 52.4 Å². The molecule has 2 aliphatic rings. The van der Waals surface area contributed by atoms with E-state index in [9.17, 15) is 0 Å². The van der Waals surface area contributed by atoms with E-state index in [0.717, 1.165) is 25.7 Å². The molecule has 0 bridgehead atoms. The highest BCUT2D eigenvalue weighted by Crippen LogP contribution is 2.22. The molecule has 106 valence electrons. The summed E-state index contributed by atoms with van der Waals surface area (Å²) in [5, 5.41) is 3.64. The lowest BCUT2D eigenvalue weighted by molar-refractivity contribution is -0.0477. The summed E-state index contributed by atoms with van der Waals surface area (Å²) in [6.07, 6.45) is 8.44. The molecule has 0 saturated carbocycles. The Labute approximate surface area is 112 Å². The minimum atomic E-state index is 0.410. The highest BCUT2D eigenvalue weighted by molar-refractivity contribution is 4.86. The molecule has 0 aromatic rings. The molecule has 2 saturated heterocycles. The molecule has 18 heavy (non-hydrogen) atoms. The van der Waals surface area contributed by atoms with Crippen molar-refractivity contribution in [1.29, 1.82) is 0 Å². The van der Waals surface area contributed by atoms with E-state index in [1.54, 1.807) is 0 Å². The lowest BCUT2D eigenvalue weighted by Crippen LogP contribution is -2.50. The van der Waals surface area contributed by atoms with Crippen LogP contribution < -0.4 is 5.32 Å². The first-order valence-corrected chi connectivity index (χ1v) is 7.88. The monoisotopic (exact) mass is 254 g/mol.